The van der Waals surface area contributed by atoms with Crippen LogP contribution in [-0.4, -0.2) is 11.1 Å². The molecule has 0 unspecified atom stereocenters. The summed E-state index contributed by atoms with van der Waals surface area (Å²) in [6.07, 6.45) is 0.264. The molecule has 0 radical (unpaired) electrons. The summed E-state index contributed by atoms with van der Waals surface area (Å²) in [5, 5.41) is 17.6. The van der Waals surface area contributed by atoms with Gasteiger partial charge in [0.15, 0.2) is 11.6 Å². The molecule has 2 aromatic rings. The molecule has 100 valence electrons. The minimum Gasteiger partial charge on any atom is -0.478 e. The second-order valence-electron chi connectivity index (χ2n) is 4.00. The first-order chi connectivity index (χ1) is 9.61. The van der Waals surface area contributed by atoms with Gasteiger partial charge < -0.3 is 9.84 Å². The van der Waals surface area contributed by atoms with Crippen LogP contribution in [-0.2, 0) is 6.42 Å². The molecule has 20 heavy (non-hydrogen) atoms. The van der Waals surface area contributed by atoms with E-state index in [-0.39, 0.29) is 17.7 Å². The van der Waals surface area contributed by atoms with Gasteiger partial charge in [-0.05, 0) is 29.8 Å². The average molecular weight is 271 g/mol. The number of aromatic carboxylic acids is 1. The third kappa shape index (κ3) is 2.93. The molecule has 0 amide bonds. The number of benzene rings is 2. The lowest BCUT2D eigenvalue weighted by Crippen LogP contribution is -2.02. The average Bonchev–Trinajstić information content (AvgIpc) is 2.43. The number of para-hydroxylation sites is 1. The molecule has 4 nitrogen and oxygen atoms in total. The molecule has 0 aliphatic rings. The SMILES string of the molecule is N#CCc1ccc(Oc2c(F)cccc2C(=O)O)cc1. The summed E-state index contributed by atoms with van der Waals surface area (Å²) >= 11 is 0. The molecule has 0 fully saturated rings. The molecule has 0 bridgehead atoms. The van der Waals surface area contributed by atoms with Crippen LogP contribution >= 0.6 is 0 Å². The van der Waals surface area contributed by atoms with Gasteiger partial charge >= 0.3 is 5.97 Å². The van der Waals surface area contributed by atoms with Crippen LogP contribution < -0.4 is 4.74 Å². The number of ether oxygens (including phenoxy) is 1. The lowest BCUT2D eigenvalue weighted by molar-refractivity contribution is 0.0693. The Morgan fingerprint density at radius 3 is 2.55 bits per heavy atom. The molecule has 0 saturated carbocycles. The minimum absolute atomic E-state index is 0.244. The Labute approximate surface area is 114 Å². The maximum Gasteiger partial charge on any atom is 0.339 e. The van der Waals surface area contributed by atoms with E-state index in [2.05, 4.69) is 0 Å². The van der Waals surface area contributed by atoms with Crippen molar-refractivity contribution < 1.29 is 19.0 Å². The summed E-state index contributed by atoms with van der Waals surface area (Å²) in [4.78, 5) is 11.0. The standard InChI is InChI=1S/C15H10FNO3/c16-13-3-1-2-12(15(18)19)14(13)20-11-6-4-10(5-7-11)8-9-17/h1-7H,8H2,(H,18,19). The smallest absolute Gasteiger partial charge is 0.339 e. The van der Waals surface area contributed by atoms with E-state index in [4.69, 9.17) is 15.1 Å². The van der Waals surface area contributed by atoms with Gasteiger partial charge in [-0.3, -0.25) is 0 Å². The number of carboxylic acids is 1. The molecule has 0 saturated heterocycles. The Balaban J connectivity index is 2.30. The Morgan fingerprint density at radius 2 is 1.95 bits per heavy atom. The molecule has 0 heterocycles. The second kappa shape index (κ2) is 5.85. The maximum absolute atomic E-state index is 13.7. The summed E-state index contributed by atoms with van der Waals surface area (Å²) in [5.41, 5.74) is 0.554. The molecule has 1 N–H and O–H groups in total. The summed E-state index contributed by atoms with van der Waals surface area (Å²) in [7, 11) is 0. The van der Waals surface area contributed by atoms with E-state index in [1.165, 1.54) is 12.1 Å². The van der Waals surface area contributed by atoms with Gasteiger partial charge in [0, 0.05) is 0 Å². The third-order valence-electron chi connectivity index (χ3n) is 2.62. The normalized spacial score (nSPS) is 9.80. The van der Waals surface area contributed by atoms with Crippen molar-refractivity contribution in [2.75, 3.05) is 0 Å². The van der Waals surface area contributed by atoms with Gasteiger partial charge in [0.1, 0.15) is 11.3 Å². The predicted octanol–water partition coefficient (Wildman–Crippen LogP) is 3.38. The van der Waals surface area contributed by atoms with Gasteiger partial charge in [-0.25, -0.2) is 9.18 Å². The Hall–Kier alpha value is -2.87. The number of nitriles is 1. The number of carbonyl (C=O) groups is 1. The van der Waals surface area contributed by atoms with Crippen LogP contribution in [0.15, 0.2) is 42.5 Å². The van der Waals surface area contributed by atoms with Gasteiger partial charge in [-0.15, -0.1) is 0 Å². The van der Waals surface area contributed by atoms with E-state index in [9.17, 15) is 9.18 Å². The predicted molar refractivity (Wildman–Crippen MR) is 69.2 cm³/mol. The first kappa shape index (κ1) is 13.6. The van der Waals surface area contributed by atoms with Gasteiger partial charge in [-0.1, -0.05) is 18.2 Å². The van der Waals surface area contributed by atoms with Gasteiger partial charge in [-0.2, -0.15) is 5.26 Å². The molecule has 2 aromatic carbocycles. The molecule has 5 heteroatoms. The van der Waals surface area contributed by atoms with Crippen molar-refractivity contribution in [1.29, 1.82) is 5.26 Å². The highest BCUT2D eigenvalue weighted by molar-refractivity contribution is 5.91. The Morgan fingerprint density at radius 1 is 1.25 bits per heavy atom. The summed E-state index contributed by atoms with van der Waals surface area (Å²) in [6, 6.07) is 12.2. The summed E-state index contributed by atoms with van der Waals surface area (Å²) in [6.45, 7) is 0. The van der Waals surface area contributed by atoms with Crippen LogP contribution in [0.4, 0.5) is 4.39 Å². The zero-order valence-electron chi connectivity index (χ0n) is 10.3. The fourth-order valence-corrected chi connectivity index (χ4v) is 1.67. The minimum atomic E-state index is -1.26. The highest BCUT2D eigenvalue weighted by atomic mass is 19.1. The number of hydrogen-bond acceptors (Lipinski definition) is 3. The van der Waals surface area contributed by atoms with Crippen LogP contribution in [0, 0.1) is 17.1 Å². The van der Waals surface area contributed by atoms with E-state index in [0.717, 1.165) is 11.6 Å². The number of carboxylic acid groups (broad SMARTS) is 1. The number of rotatable bonds is 4. The van der Waals surface area contributed by atoms with Crippen molar-refractivity contribution in [2.45, 2.75) is 6.42 Å². The largest absolute Gasteiger partial charge is 0.478 e. The Kier molecular flexibility index (Phi) is 3.96. The zero-order chi connectivity index (χ0) is 14.5. The van der Waals surface area contributed by atoms with Gasteiger partial charge in [0.25, 0.3) is 0 Å². The van der Waals surface area contributed by atoms with E-state index in [1.54, 1.807) is 24.3 Å². The van der Waals surface area contributed by atoms with E-state index >= 15 is 0 Å². The van der Waals surface area contributed by atoms with Crippen LogP contribution in [0.5, 0.6) is 11.5 Å². The highest BCUT2D eigenvalue weighted by Gasteiger charge is 2.16. The van der Waals surface area contributed by atoms with Gasteiger partial charge in [0.2, 0.25) is 0 Å². The number of halogens is 1. The topological polar surface area (TPSA) is 70.3 Å². The Bertz CT molecular complexity index is 675. The van der Waals surface area contributed by atoms with E-state index in [0.29, 0.717) is 5.75 Å². The first-order valence-electron chi connectivity index (χ1n) is 5.77. The van der Waals surface area contributed by atoms with Crippen LogP contribution in [0.25, 0.3) is 0 Å². The third-order valence-corrected chi connectivity index (χ3v) is 2.62. The van der Waals surface area contributed by atoms with Crippen LogP contribution in [0.2, 0.25) is 0 Å². The van der Waals surface area contributed by atoms with Crippen molar-refractivity contribution in [3.63, 3.8) is 0 Å². The molecular weight excluding hydrogens is 261 g/mol. The quantitative estimate of drug-likeness (QED) is 0.925. The molecule has 0 spiro atoms. The maximum atomic E-state index is 13.7. The van der Waals surface area contributed by atoms with E-state index in [1.807, 2.05) is 6.07 Å². The van der Waals surface area contributed by atoms with Gasteiger partial charge in [0.05, 0.1) is 12.5 Å². The lowest BCUT2D eigenvalue weighted by atomic mass is 10.1. The molecule has 0 atom stereocenters. The molecule has 0 aliphatic heterocycles. The lowest BCUT2D eigenvalue weighted by Gasteiger charge is -2.09. The van der Waals surface area contributed by atoms with Crippen molar-refractivity contribution in [3.8, 4) is 17.6 Å². The monoisotopic (exact) mass is 271 g/mol. The number of nitrogens with zero attached hydrogens (tertiary/aromatic N) is 1. The molecule has 0 aliphatic carbocycles. The highest BCUT2D eigenvalue weighted by Crippen LogP contribution is 2.28. The summed E-state index contributed by atoms with van der Waals surface area (Å²) < 4.78 is 19.0. The molecular formula is C15H10FNO3. The van der Waals surface area contributed by atoms with Crippen molar-refractivity contribution in [2.24, 2.45) is 0 Å². The second-order valence-corrected chi connectivity index (χ2v) is 4.00. The molecule has 0 aromatic heterocycles. The summed E-state index contributed by atoms with van der Waals surface area (Å²) in [5.74, 6) is -2.03. The van der Waals surface area contributed by atoms with Crippen molar-refractivity contribution in [3.05, 3.63) is 59.4 Å². The first-order valence-corrected chi connectivity index (χ1v) is 5.77. The van der Waals surface area contributed by atoms with Crippen LogP contribution in [0.1, 0.15) is 15.9 Å². The zero-order valence-corrected chi connectivity index (χ0v) is 10.3. The molecule has 2 rings (SSSR count). The van der Waals surface area contributed by atoms with Crippen molar-refractivity contribution >= 4 is 5.97 Å². The van der Waals surface area contributed by atoms with E-state index < -0.39 is 11.8 Å². The van der Waals surface area contributed by atoms with Crippen molar-refractivity contribution in [1.82, 2.24) is 0 Å². The fraction of sp³-hybridized carbons (Fsp3) is 0.0667. The fourth-order valence-electron chi connectivity index (χ4n) is 1.67. The number of hydrogen-bond donors (Lipinski definition) is 1. The van der Waals surface area contributed by atoms with Crippen LogP contribution in [0.3, 0.4) is 0 Å².